The van der Waals surface area contributed by atoms with E-state index in [2.05, 4.69) is 12.2 Å². The number of nitrogens with two attached hydrogens (primary N) is 1. The molecule has 1 aromatic carbocycles. The molecule has 0 aliphatic rings. The summed E-state index contributed by atoms with van der Waals surface area (Å²) in [6.45, 7) is 2.10. The standard InChI is InChI=1S/C15H23N3O2/c1-2-3-4-8-12(14(19)20)10-11-7-5-6-9-13(11)18-15(16)17/h5-7,9,12H,2-4,8,10H2,1H3,(H,19,20)(H4,16,17,18). The minimum atomic E-state index is -0.765. The van der Waals surface area contributed by atoms with E-state index in [0.717, 1.165) is 24.8 Å². The molecule has 0 spiro atoms. The molecule has 0 aliphatic heterocycles. The summed E-state index contributed by atoms with van der Waals surface area (Å²) < 4.78 is 0. The number of anilines is 1. The minimum absolute atomic E-state index is 0.143. The molecule has 1 rings (SSSR count). The molecule has 0 saturated heterocycles. The first-order valence-corrected chi connectivity index (χ1v) is 6.96. The van der Waals surface area contributed by atoms with Crippen LogP contribution in [0.4, 0.5) is 5.69 Å². The second-order valence-electron chi connectivity index (χ2n) is 4.93. The van der Waals surface area contributed by atoms with E-state index in [-0.39, 0.29) is 5.96 Å². The van der Waals surface area contributed by atoms with Crippen molar-refractivity contribution in [2.24, 2.45) is 11.7 Å². The largest absolute Gasteiger partial charge is 0.481 e. The number of carboxylic acids is 1. The van der Waals surface area contributed by atoms with Gasteiger partial charge in [0.1, 0.15) is 0 Å². The van der Waals surface area contributed by atoms with Crippen molar-refractivity contribution >= 4 is 17.6 Å². The molecular formula is C15H23N3O2. The van der Waals surface area contributed by atoms with Crippen LogP contribution in [0.25, 0.3) is 0 Å². The van der Waals surface area contributed by atoms with Gasteiger partial charge in [0.25, 0.3) is 0 Å². The average Bonchev–Trinajstić information content (AvgIpc) is 2.39. The summed E-state index contributed by atoms with van der Waals surface area (Å²) in [6, 6.07) is 7.38. The van der Waals surface area contributed by atoms with Crippen molar-refractivity contribution in [3.8, 4) is 0 Å². The Balaban J connectivity index is 2.77. The molecule has 1 atom stereocenters. The van der Waals surface area contributed by atoms with Gasteiger partial charge in [-0.05, 0) is 24.5 Å². The first kappa shape index (κ1) is 16.0. The highest BCUT2D eigenvalue weighted by Gasteiger charge is 2.19. The van der Waals surface area contributed by atoms with Gasteiger partial charge in [0.2, 0.25) is 0 Å². The number of para-hydroxylation sites is 1. The molecule has 0 bridgehead atoms. The van der Waals surface area contributed by atoms with Crippen LogP contribution in [0.15, 0.2) is 24.3 Å². The lowest BCUT2D eigenvalue weighted by molar-refractivity contribution is -0.142. The van der Waals surface area contributed by atoms with Gasteiger partial charge in [-0.3, -0.25) is 10.2 Å². The van der Waals surface area contributed by atoms with Gasteiger partial charge in [-0.1, -0.05) is 44.4 Å². The summed E-state index contributed by atoms with van der Waals surface area (Å²) in [7, 11) is 0. The fraction of sp³-hybridized carbons (Fsp3) is 0.467. The highest BCUT2D eigenvalue weighted by atomic mass is 16.4. The van der Waals surface area contributed by atoms with Crippen molar-refractivity contribution in [2.75, 3.05) is 5.32 Å². The lowest BCUT2D eigenvalue weighted by Gasteiger charge is -2.15. The topological polar surface area (TPSA) is 99.2 Å². The summed E-state index contributed by atoms with van der Waals surface area (Å²) in [6.07, 6.45) is 4.19. The molecule has 0 heterocycles. The number of unbranched alkanes of at least 4 members (excludes halogenated alkanes) is 2. The normalized spacial score (nSPS) is 11.8. The fourth-order valence-electron chi connectivity index (χ4n) is 2.18. The number of carboxylic acid groups (broad SMARTS) is 1. The van der Waals surface area contributed by atoms with Gasteiger partial charge >= 0.3 is 5.97 Å². The molecular weight excluding hydrogens is 254 g/mol. The van der Waals surface area contributed by atoms with Crippen molar-refractivity contribution in [1.82, 2.24) is 0 Å². The molecule has 5 N–H and O–H groups in total. The van der Waals surface area contributed by atoms with E-state index in [1.165, 1.54) is 0 Å². The fourth-order valence-corrected chi connectivity index (χ4v) is 2.18. The highest BCUT2D eigenvalue weighted by Crippen LogP contribution is 2.22. The third-order valence-electron chi connectivity index (χ3n) is 3.26. The predicted octanol–water partition coefficient (Wildman–Crippen LogP) is 2.82. The molecule has 1 aromatic rings. The third kappa shape index (κ3) is 5.30. The van der Waals surface area contributed by atoms with Crippen molar-refractivity contribution in [2.45, 2.75) is 39.0 Å². The Morgan fingerprint density at radius 2 is 2.10 bits per heavy atom. The van der Waals surface area contributed by atoms with Gasteiger partial charge in [-0.25, -0.2) is 0 Å². The van der Waals surface area contributed by atoms with E-state index in [1.54, 1.807) is 0 Å². The maximum absolute atomic E-state index is 11.3. The van der Waals surface area contributed by atoms with Crippen LogP contribution >= 0.6 is 0 Å². The van der Waals surface area contributed by atoms with Crippen LogP contribution in [0.3, 0.4) is 0 Å². The lowest BCUT2D eigenvalue weighted by Crippen LogP contribution is -2.22. The third-order valence-corrected chi connectivity index (χ3v) is 3.26. The zero-order valence-electron chi connectivity index (χ0n) is 11.9. The van der Waals surface area contributed by atoms with Gasteiger partial charge < -0.3 is 16.2 Å². The first-order valence-electron chi connectivity index (χ1n) is 6.96. The second kappa shape index (κ2) is 8.19. The van der Waals surface area contributed by atoms with E-state index in [4.69, 9.17) is 11.1 Å². The maximum Gasteiger partial charge on any atom is 0.306 e. The monoisotopic (exact) mass is 277 g/mol. The van der Waals surface area contributed by atoms with Crippen LogP contribution in [-0.4, -0.2) is 17.0 Å². The summed E-state index contributed by atoms with van der Waals surface area (Å²) in [5.41, 5.74) is 6.93. The van der Waals surface area contributed by atoms with Gasteiger partial charge in [0, 0.05) is 5.69 Å². The van der Waals surface area contributed by atoms with Crippen molar-refractivity contribution in [3.05, 3.63) is 29.8 Å². The Bertz CT molecular complexity index is 460. The molecule has 0 aliphatic carbocycles. The molecule has 1 unspecified atom stereocenters. The van der Waals surface area contributed by atoms with Crippen molar-refractivity contribution in [1.29, 1.82) is 5.41 Å². The Morgan fingerprint density at radius 3 is 2.70 bits per heavy atom. The molecule has 0 amide bonds. The predicted molar refractivity (Wildman–Crippen MR) is 81.0 cm³/mol. The van der Waals surface area contributed by atoms with Crippen LogP contribution in [0.5, 0.6) is 0 Å². The number of hydrogen-bond acceptors (Lipinski definition) is 2. The van der Waals surface area contributed by atoms with E-state index in [1.807, 2.05) is 24.3 Å². The van der Waals surface area contributed by atoms with E-state index in [9.17, 15) is 9.90 Å². The summed E-state index contributed by atoms with van der Waals surface area (Å²) in [5, 5.41) is 19.4. The Morgan fingerprint density at radius 1 is 1.40 bits per heavy atom. The number of hydrogen-bond donors (Lipinski definition) is 4. The number of aliphatic carboxylic acids is 1. The maximum atomic E-state index is 11.3. The summed E-state index contributed by atoms with van der Waals surface area (Å²) >= 11 is 0. The highest BCUT2D eigenvalue weighted by molar-refractivity contribution is 5.90. The van der Waals surface area contributed by atoms with Crippen molar-refractivity contribution < 1.29 is 9.90 Å². The Labute approximate surface area is 119 Å². The number of guanidine groups is 1. The van der Waals surface area contributed by atoms with E-state index >= 15 is 0 Å². The van der Waals surface area contributed by atoms with Gasteiger partial charge in [-0.2, -0.15) is 0 Å². The molecule has 110 valence electrons. The van der Waals surface area contributed by atoms with Crippen molar-refractivity contribution in [3.63, 3.8) is 0 Å². The first-order chi connectivity index (χ1) is 9.54. The molecule has 0 fully saturated rings. The van der Waals surface area contributed by atoms with Gasteiger partial charge in [0.05, 0.1) is 5.92 Å². The minimum Gasteiger partial charge on any atom is -0.481 e. The molecule has 0 aromatic heterocycles. The number of benzene rings is 1. The summed E-state index contributed by atoms with van der Waals surface area (Å²) in [5.74, 6) is -1.30. The Kier molecular flexibility index (Phi) is 6.56. The van der Waals surface area contributed by atoms with Crippen LogP contribution in [-0.2, 0) is 11.2 Å². The van der Waals surface area contributed by atoms with Gasteiger partial charge in [-0.15, -0.1) is 0 Å². The van der Waals surface area contributed by atoms with Crippen LogP contribution in [0.2, 0.25) is 0 Å². The number of carbonyl (C=O) groups is 1. The molecule has 20 heavy (non-hydrogen) atoms. The van der Waals surface area contributed by atoms with Gasteiger partial charge in [0.15, 0.2) is 5.96 Å². The molecule has 0 radical (unpaired) electrons. The smallest absolute Gasteiger partial charge is 0.306 e. The number of rotatable bonds is 8. The quantitative estimate of drug-likeness (QED) is 0.333. The zero-order valence-corrected chi connectivity index (χ0v) is 11.9. The van der Waals surface area contributed by atoms with E-state index < -0.39 is 11.9 Å². The zero-order chi connectivity index (χ0) is 15.0. The van der Waals surface area contributed by atoms with E-state index in [0.29, 0.717) is 18.5 Å². The average molecular weight is 277 g/mol. The molecule has 0 saturated carbocycles. The van der Waals surface area contributed by atoms with Crippen LogP contribution in [0, 0.1) is 11.3 Å². The second-order valence-corrected chi connectivity index (χ2v) is 4.93. The lowest BCUT2D eigenvalue weighted by atomic mass is 9.93. The number of nitrogens with one attached hydrogen (secondary N) is 2. The molecule has 5 nitrogen and oxygen atoms in total. The SMILES string of the molecule is CCCCCC(Cc1ccccc1NC(=N)N)C(=O)O. The van der Waals surface area contributed by atoms with Crippen LogP contribution in [0.1, 0.15) is 38.2 Å². The molecule has 5 heteroatoms. The Hall–Kier alpha value is -2.04. The summed E-state index contributed by atoms with van der Waals surface area (Å²) in [4.78, 5) is 11.3. The van der Waals surface area contributed by atoms with Crippen LogP contribution < -0.4 is 11.1 Å².